The summed E-state index contributed by atoms with van der Waals surface area (Å²) in [5, 5.41) is 11.0. The third-order valence-corrected chi connectivity index (χ3v) is 13.2. The van der Waals surface area contributed by atoms with Gasteiger partial charge >= 0.3 is 0 Å². The number of benzene rings is 3. The second kappa shape index (κ2) is 19.2. The standard InChI is InChI=1S/C43H41BrFN9O8S/c44-30-24-48-43(52-39(30)50-32-8-3-7-31(45)37(32)38(46)57)49-28-18-21-53(22-19-28)63(61,62)23-20-47-34(55)9-1-4-25-10-12-26(13-11-25)14-15-27-5-2-6-29-36(27)42(60)54(41(29)59)33-16-17-35(56)51-40(33)58/h2-3,5-8,10-13,24,28,33H,1,4,9,16-23H2,(H2,46,57)(H,47,55)(H,51,56,58)(H2,48,49,50,52). The van der Waals surface area contributed by atoms with E-state index in [9.17, 15) is 41.6 Å². The molecule has 0 bridgehead atoms. The summed E-state index contributed by atoms with van der Waals surface area (Å²) >= 11 is 3.35. The van der Waals surface area contributed by atoms with Crippen molar-refractivity contribution in [2.75, 3.05) is 36.0 Å². The Morgan fingerprint density at radius 2 is 1.71 bits per heavy atom. The molecule has 0 spiro atoms. The maximum Gasteiger partial charge on any atom is 0.263 e. The molecule has 326 valence electrons. The number of nitrogens with two attached hydrogens (primary N) is 1. The van der Waals surface area contributed by atoms with Crippen molar-refractivity contribution in [3.8, 4) is 11.8 Å². The molecule has 63 heavy (non-hydrogen) atoms. The van der Waals surface area contributed by atoms with E-state index >= 15 is 0 Å². The van der Waals surface area contributed by atoms with E-state index < -0.39 is 51.4 Å². The Hall–Kier alpha value is -6.56. The van der Waals surface area contributed by atoms with Crippen LogP contribution in [0.4, 0.5) is 21.8 Å². The Morgan fingerprint density at radius 1 is 0.968 bits per heavy atom. The van der Waals surface area contributed by atoms with Crippen molar-refractivity contribution in [2.45, 2.75) is 57.0 Å². The van der Waals surface area contributed by atoms with Crippen molar-refractivity contribution < 1.29 is 41.6 Å². The highest BCUT2D eigenvalue weighted by Gasteiger charge is 2.45. The minimum atomic E-state index is -3.64. The number of carbonyl (C=O) groups excluding carboxylic acids is 6. The molecule has 17 nitrogen and oxygen atoms in total. The van der Waals surface area contributed by atoms with E-state index in [2.05, 4.69) is 59.0 Å². The van der Waals surface area contributed by atoms with Crippen LogP contribution >= 0.6 is 15.9 Å². The summed E-state index contributed by atoms with van der Waals surface area (Å²) in [6.45, 7) is 0.480. The molecule has 6 amide bonds. The third-order valence-electron chi connectivity index (χ3n) is 10.8. The number of carbonyl (C=O) groups is 6. The number of primary amides is 1. The van der Waals surface area contributed by atoms with E-state index in [1.54, 1.807) is 24.3 Å². The number of fused-ring (bicyclic) bond motifs is 1. The summed E-state index contributed by atoms with van der Waals surface area (Å²) in [5.41, 5.74) is 7.41. The number of nitrogens with zero attached hydrogens (tertiary/aromatic N) is 4. The molecule has 1 aromatic heterocycles. The first-order chi connectivity index (χ1) is 30.2. The Kier molecular flexibility index (Phi) is 13.6. The van der Waals surface area contributed by atoms with E-state index in [1.165, 1.54) is 28.7 Å². The normalized spacial score (nSPS) is 16.8. The number of hydrogen-bond acceptors (Lipinski definition) is 12. The fraction of sp³-hybridized carbons (Fsp3) is 0.302. The number of sulfonamides is 1. The van der Waals surface area contributed by atoms with Crippen LogP contribution in [0.5, 0.6) is 0 Å². The predicted molar refractivity (Wildman–Crippen MR) is 231 cm³/mol. The zero-order valence-electron chi connectivity index (χ0n) is 33.6. The van der Waals surface area contributed by atoms with Gasteiger partial charge in [0, 0.05) is 55.8 Å². The van der Waals surface area contributed by atoms with Crippen LogP contribution < -0.4 is 27.0 Å². The monoisotopic (exact) mass is 941 g/mol. The molecule has 0 saturated carbocycles. The molecule has 3 aliphatic heterocycles. The SMILES string of the molecule is NC(=O)c1c(F)cccc1Nc1nc(NC2CCN(S(=O)(=O)CCNC(=O)CCCc3ccc(C#Cc4cccc5c4C(=O)N(C4CCC(=O)NC4=O)C5=O)cc3)CC2)ncc1Br. The van der Waals surface area contributed by atoms with E-state index in [4.69, 9.17) is 5.73 Å². The number of imide groups is 2. The van der Waals surface area contributed by atoms with Crippen LogP contribution in [0.1, 0.15) is 86.3 Å². The molecule has 2 fully saturated rings. The fourth-order valence-electron chi connectivity index (χ4n) is 7.49. The van der Waals surface area contributed by atoms with E-state index in [0.29, 0.717) is 41.3 Å². The lowest BCUT2D eigenvalue weighted by molar-refractivity contribution is -0.136. The number of hydrogen-bond donors (Lipinski definition) is 5. The van der Waals surface area contributed by atoms with Crippen molar-refractivity contribution in [1.82, 2.24) is 29.8 Å². The molecule has 1 unspecified atom stereocenters. The molecule has 4 heterocycles. The highest BCUT2D eigenvalue weighted by molar-refractivity contribution is 9.10. The van der Waals surface area contributed by atoms with Gasteiger partial charge in [-0.3, -0.25) is 39.0 Å². The van der Waals surface area contributed by atoms with Gasteiger partial charge in [0.1, 0.15) is 17.7 Å². The molecule has 0 aliphatic carbocycles. The summed E-state index contributed by atoms with van der Waals surface area (Å²) in [4.78, 5) is 84.5. The van der Waals surface area contributed by atoms with Crippen LogP contribution in [0.2, 0.25) is 0 Å². The summed E-state index contributed by atoms with van der Waals surface area (Å²) < 4.78 is 42.3. The predicted octanol–water partition coefficient (Wildman–Crippen LogP) is 3.37. The minimum Gasteiger partial charge on any atom is -0.365 e. The lowest BCUT2D eigenvalue weighted by atomic mass is 10.0. The zero-order chi connectivity index (χ0) is 44.8. The van der Waals surface area contributed by atoms with Crippen LogP contribution in [0.3, 0.4) is 0 Å². The molecule has 6 N–H and O–H groups in total. The first-order valence-corrected chi connectivity index (χ1v) is 22.4. The second-order valence-corrected chi connectivity index (χ2v) is 17.9. The van der Waals surface area contributed by atoms with Crippen LogP contribution in [-0.4, -0.2) is 101 Å². The summed E-state index contributed by atoms with van der Waals surface area (Å²) in [7, 11) is -3.64. The highest BCUT2D eigenvalue weighted by Crippen LogP contribution is 2.31. The summed E-state index contributed by atoms with van der Waals surface area (Å²) in [6.07, 6.45) is 3.83. The molecule has 3 aromatic carbocycles. The van der Waals surface area contributed by atoms with Gasteiger partial charge in [-0.25, -0.2) is 22.1 Å². The van der Waals surface area contributed by atoms with Gasteiger partial charge in [0.05, 0.1) is 32.6 Å². The van der Waals surface area contributed by atoms with Gasteiger partial charge in [-0.15, -0.1) is 0 Å². The number of amides is 6. The third kappa shape index (κ3) is 10.4. The number of aryl methyl sites for hydroxylation is 1. The van der Waals surface area contributed by atoms with E-state index in [1.807, 2.05) is 12.1 Å². The lowest BCUT2D eigenvalue weighted by Gasteiger charge is -2.31. The van der Waals surface area contributed by atoms with Crippen molar-refractivity contribution >= 4 is 78.8 Å². The molecule has 0 radical (unpaired) electrons. The van der Waals surface area contributed by atoms with Gasteiger partial charge in [0.2, 0.25) is 33.7 Å². The molecular weight excluding hydrogens is 901 g/mol. The Balaban J connectivity index is 0.826. The van der Waals surface area contributed by atoms with Crippen LogP contribution in [0.15, 0.2) is 71.3 Å². The first-order valence-electron chi connectivity index (χ1n) is 20.0. The number of piperidine rings is 2. The molecule has 2 saturated heterocycles. The van der Waals surface area contributed by atoms with Gasteiger partial charge in [-0.05, 0) is 90.0 Å². The second-order valence-electron chi connectivity index (χ2n) is 15.0. The molecule has 1 atom stereocenters. The summed E-state index contributed by atoms with van der Waals surface area (Å²) in [6, 6.07) is 15.0. The van der Waals surface area contributed by atoms with Gasteiger partial charge in [-0.2, -0.15) is 4.98 Å². The Morgan fingerprint density at radius 3 is 2.44 bits per heavy atom. The van der Waals surface area contributed by atoms with Crippen molar-refractivity contribution in [2.24, 2.45) is 5.73 Å². The van der Waals surface area contributed by atoms with Gasteiger partial charge in [-0.1, -0.05) is 36.1 Å². The average Bonchev–Trinajstić information content (AvgIpc) is 3.50. The van der Waals surface area contributed by atoms with E-state index in [-0.39, 0.29) is 90.7 Å². The first kappa shape index (κ1) is 44.5. The number of rotatable bonds is 14. The van der Waals surface area contributed by atoms with E-state index in [0.717, 1.165) is 16.5 Å². The number of anilines is 3. The molecule has 20 heteroatoms. The molecular formula is C43H41BrFN9O8S. The average molecular weight is 943 g/mol. The molecule has 3 aliphatic rings. The summed E-state index contributed by atoms with van der Waals surface area (Å²) in [5.74, 6) is 1.91. The number of aromatic nitrogens is 2. The van der Waals surface area contributed by atoms with Gasteiger partial charge < -0.3 is 21.7 Å². The largest absolute Gasteiger partial charge is 0.365 e. The molecule has 4 aromatic rings. The van der Waals surface area contributed by atoms with Crippen LogP contribution in [-0.2, 0) is 30.8 Å². The fourth-order valence-corrected chi connectivity index (χ4v) is 9.17. The number of nitrogens with one attached hydrogen (secondary N) is 4. The van der Waals surface area contributed by atoms with Crippen molar-refractivity contribution in [1.29, 1.82) is 0 Å². The van der Waals surface area contributed by atoms with Crippen LogP contribution in [0.25, 0.3) is 0 Å². The van der Waals surface area contributed by atoms with Gasteiger partial charge in [0.25, 0.3) is 17.7 Å². The maximum atomic E-state index is 14.3. The Bertz CT molecular complexity index is 2680. The molecule has 7 rings (SSSR count). The highest BCUT2D eigenvalue weighted by atomic mass is 79.9. The van der Waals surface area contributed by atoms with Crippen molar-refractivity contribution in [3.63, 3.8) is 0 Å². The zero-order valence-corrected chi connectivity index (χ0v) is 36.0. The van der Waals surface area contributed by atoms with Crippen LogP contribution in [0, 0.1) is 17.7 Å². The quantitative estimate of drug-likeness (QED) is 0.0904. The maximum absolute atomic E-state index is 14.3. The van der Waals surface area contributed by atoms with Gasteiger partial charge in [0.15, 0.2) is 0 Å². The Labute approximate surface area is 370 Å². The van der Waals surface area contributed by atoms with Crippen molar-refractivity contribution in [3.05, 3.63) is 111 Å². The smallest absolute Gasteiger partial charge is 0.263 e. The topological polar surface area (TPSA) is 243 Å². The minimum absolute atomic E-state index is 0.0235. The number of halogens is 2. The lowest BCUT2D eigenvalue weighted by Crippen LogP contribution is -2.54.